The van der Waals surface area contributed by atoms with E-state index in [0.717, 1.165) is 19.3 Å². The number of hydrogen-bond acceptors (Lipinski definition) is 3. The lowest BCUT2D eigenvalue weighted by atomic mass is 10.1. The fourth-order valence-electron chi connectivity index (χ4n) is 2.20. The smallest absolute Gasteiger partial charge is 0.256 e. The number of carbonyl (C=O) groups is 1. The maximum Gasteiger partial charge on any atom is 0.256 e. The van der Waals surface area contributed by atoms with Gasteiger partial charge in [-0.25, -0.2) is 13.6 Å². The van der Waals surface area contributed by atoms with Gasteiger partial charge in [0.15, 0.2) is 0 Å². The number of nitrogens with zero attached hydrogens (tertiary/aromatic N) is 1. The molecule has 1 amide bonds. The number of amides is 1. The van der Waals surface area contributed by atoms with Crippen molar-refractivity contribution in [2.75, 3.05) is 13.1 Å². The minimum absolute atomic E-state index is 0.00163. The average molecular weight is 337 g/mol. The molecular formula is C12H14Cl2N2O3S. The van der Waals surface area contributed by atoms with Crippen LogP contribution in [-0.2, 0) is 10.0 Å². The summed E-state index contributed by atoms with van der Waals surface area (Å²) in [4.78, 5) is 13.8. The molecule has 1 fully saturated rings. The van der Waals surface area contributed by atoms with Gasteiger partial charge >= 0.3 is 0 Å². The summed E-state index contributed by atoms with van der Waals surface area (Å²) < 4.78 is 22.9. The number of sulfonamides is 1. The number of hydrogen-bond donors (Lipinski definition) is 1. The molecule has 20 heavy (non-hydrogen) atoms. The summed E-state index contributed by atoms with van der Waals surface area (Å²) in [6, 6.07) is 2.53. The number of nitrogens with two attached hydrogens (primary N) is 1. The van der Waals surface area contributed by atoms with Crippen molar-refractivity contribution in [3.8, 4) is 0 Å². The number of benzene rings is 1. The molecule has 8 heteroatoms. The second kappa shape index (κ2) is 5.89. The molecular weight excluding hydrogens is 323 g/mol. The molecule has 5 nitrogen and oxygen atoms in total. The van der Waals surface area contributed by atoms with Crippen LogP contribution in [0.4, 0.5) is 0 Å². The van der Waals surface area contributed by atoms with E-state index >= 15 is 0 Å². The van der Waals surface area contributed by atoms with Gasteiger partial charge in [-0.1, -0.05) is 23.2 Å². The first-order valence-electron chi connectivity index (χ1n) is 6.12. The Hall–Kier alpha value is -0.820. The van der Waals surface area contributed by atoms with Crippen LogP contribution < -0.4 is 5.14 Å². The monoisotopic (exact) mass is 336 g/mol. The summed E-state index contributed by atoms with van der Waals surface area (Å²) in [5, 5.41) is 4.99. The normalized spacial score (nSPS) is 16.2. The number of piperidine rings is 1. The fraction of sp³-hybridized carbons (Fsp3) is 0.417. The summed E-state index contributed by atoms with van der Waals surface area (Å²) in [6.07, 6.45) is 2.90. The third-order valence-electron chi connectivity index (χ3n) is 3.22. The maximum absolute atomic E-state index is 12.4. The first-order valence-corrected chi connectivity index (χ1v) is 8.42. The highest BCUT2D eigenvalue weighted by atomic mass is 35.5. The predicted molar refractivity (Wildman–Crippen MR) is 77.6 cm³/mol. The summed E-state index contributed by atoms with van der Waals surface area (Å²) in [5.41, 5.74) is 0.00163. The van der Waals surface area contributed by atoms with E-state index in [-0.39, 0.29) is 26.4 Å². The van der Waals surface area contributed by atoms with Crippen molar-refractivity contribution in [2.45, 2.75) is 24.2 Å². The Morgan fingerprint density at radius 2 is 1.75 bits per heavy atom. The molecule has 110 valence electrons. The summed E-state index contributed by atoms with van der Waals surface area (Å²) >= 11 is 12.0. The quantitative estimate of drug-likeness (QED) is 0.899. The zero-order valence-electron chi connectivity index (χ0n) is 10.6. The van der Waals surface area contributed by atoms with Gasteiger partial charge in [0, 0.05) is 13.1 Å². The van der Waals surface area contributed by atoms with E-state index in [0.29, 0.717) is 13.1 Å². The average Bonchev–Trinajstić information content (AvgIpc) is 2.38. The third kappa shape index (κ3) is 3.09. The van der Waals surface area contributed by atoms with Crippen molar-refractivity contribution in [1.29, 1.82) is 0 Å². The largest absolute Gasteiger partial charge is 0.339 e. The molecule has 1 aliphatic heterocycles. The minimum atomic E-state index is -4.00. The van der Waals surface area contributed by atoms with Crippen molar-refractivity contribution >= 4 is 39.1 Å². The molecule has 1 saturated heterocycles. The lowest BCUT2D eigenvalue weighted by Gasteiger charge is -2.27. The molecule has 1 heterocycles. The van der Waals surface area contributed by atoms with Gasteiger partial charge < -0.3 is 4.90 Å². The molecule has 2 N–H and O–H groups in total. The summed E-state index contributed by atoms with van der Waals surface area (Å²) in [5.74, 6) is -0.356. The van der Waals surface area contributed by atoms with E-state index in [1.807, 2.05) is 0 Å². The van der Waals surface area contributed by atoms with E-state index in [1.54, 1.807) is 4.90 Å². The van der Waals surface area contributed by atoms with Crippen LogP contribution in [0.3, 0.4) is 0 Å². The molecule has 0 radical (unpaired) electrons. The van der Waals surface area contributed by atoms with Crippen LogP contribution in [0.1, 0.15) is 29.6 Å². The van der Waals surface area contributed by atoms with Crippen molar-refractivity contribution in [3.05, 3.63) is 27.7 Å². The second-order valence-corrected chi connectivity index (χ2v) is 6.95. The van der Waals surface area contributed by atoms with E-state index in [1.165, 1.54) is 12.1 Å². The Balaban J connectivity index is 2.47. The Morgan fingerprint density at radius 1 is 1.15 bits per heavy atom. The van der Waals surface area contributed by atoms with Gasteiger partial charge in [0.05, 0.1) is 15.6 Å². The SMILES string of the molecule is NS(=O)(=O)c1ccc(Cl)c(C(=O)N2CCCCC2)c1Cl. The van der Waals surface area contributed by atoms with Gasteiger partial charge in [0.1, 0.15) is 4.90 Å². The van der Waals surface area contributed by atoms with Crippen molar-refractivity contribution in [3.63, 3.8) is 0 Å². The van der Waals surface area contributed by atoms with Gasteiger partial charge in [-0.05, 0) is 31.4 Å². The minimum Gasteiger partial charge on any atom is -0.339 e. The first-order chi connectivity index (χ1) is 9.32. The number of primary sulfonamides is 1. The van der Waals surface area contributed by atoms with Crippen LogP contribution in [-0.4, -0.2) is 32.3 Å². The van der Waals surface area contributed by atoms with Crippen molar-refractivity contribution < 1.29 is 13.2 Å². The molecule has 0 aliphatic carbocycles. The molecule has 1 aromatic rings. The standard InChI is InChI=1S/C12H14Cl2N2O3S/c13-8-4-5-9(20(15,18)19)11(14)10(8)12(17)16-6-2-1-3-7-16/h4-5H,1-3,6-7H2,(H2,15,18,19). The summed E-state index contributed by atoms with van der Waals surface area (Å²) in [6.45, 7) is 1.23. The molecule has 0 spiro atoms. The molecule has 0 aromatic heterocycles. The molecule has 0 atom stereocenters. The zero-order chi connectivity index (χ0) is 14.9. The molecule has 0 unspecified atom stereocenters. The number of halogens is 2. The van der Waals surface area contributed by atoms with Crippen molar-refractivity contribution in [2.24, 2.45) is 5.14 Å². The molecule has 1 aliphatic rings. The Labute approximate surface area is 127 Å². The second-order valence-electron chi connectivity index (χ2n) is 4.63. The van der Waals surface area contributed by atoms with Crippen molar-refractivity contribution in [1.82, 2.24) is 4.90 Å². The van der Waals surface area contributed by atoms with Crippen LogP contribution in [0.25, 0.3) is 0 Å². The number of rotatable bonds is 2. The topological polar surface area (TPSA) is 80.5 Å². The molecule has 0 saturated carbocycles. The highest BCUT2D eigenvalue weighted by Crippen LogP contribution is 2.32. The van der Waals surface area contributed by atoms with Crippen LogP contribution >= 0.6 is 23.2 Å². The van der Waals surface area contributed by atoms with Crippen LogP contribution in [0.5, 0.6) is 0 Å². The van der Waals surface area contributed by atoms with E-state index in [4.69, 9.17) is 28.3 Å². The lowest BCUT2D eigenvalue weighted by Crippen LogP contribution is -2.36. The van der Waals surface area contributed by atoms with E-state index in [2.05, 4.69) is 0 Å². The Morgan fingerprint density at radius 3 is 2.30 bits per heavy atom. The van der Waals surface area contributed by atoms with Gasteiger partial charge in [0.25, 0.3) is 5.91 Å². The Bertz CT molecular complexity index is 640. The highest BCUT2D eigenvalue weighted by molar-refractivity contribution is 7.89. The molecule has 0 bridgehead atoms. The summed E-state index contributed by atoms with van der Waals surface area (Å²) in [7, 11) is -4.00. The van der Waals surface area contributed by atoms with Gasteiger partial charge in [-0.2, -0.15) is 0 Å². The Kier molecular flexibility index (Phi) is 4.59. The first kappa shape index (κ1) is 15.6. The van der Waals surface area contributed by atoms with E-state index in [9.17, 15) is 13.2 Å². The van der Waals surface area contributed by atoms with Gasteiger partial charge in [0.2, 0.25) is 10.0 Å². The number of likely N-dealkylation sites (tertiary alicyclic amines) is 1. The molecule has 1 aromatic carbocycles. The van der Waals surface area contributed by atoms with Gasteiger partial charge in [-0.3, -0.25) is 4.79 Å². The maximum atomic E-state index is 12.4. The van der Waals surface area contributed by atoms with Crippen LogP contribution in [0, 0.1) is 0 Å². The zero-order valence-corrected chi connectivity index (χ0v) is 12.9. The van der Waals surface area contributed by atoms with Crippen LogP contribution in [0.15, 0.2) is 17.0 Å². The van der Waals surface area contributed by atoms with Crippen LogP contribution in [0.2, 0.25) is 10.0 Å². The third-order valence-corrected chi connectivity index (χ3v) is 4.99. The fourth-order valence-corrected chi connectivity index (χ4v) is 3.67. The molecule has 2 rings (SSSR count). The number of carbonyl (C=O) groups excluding carboxylic acids is 1. The van der Waals surface area contributed by atoms with E-state index < -0.39 is 10.0 Å². The lowest BCUT2D eigenvalue weighted by molar-refractivity contribution is 0.0724. The predicted octanol–water partition coefficient (Wildman–Crippen LogP) is 2.27. The van der Waals surface area contributed by atoms with Gasteiger partial charge in [-0.15, -0.1) is 0 Å². The highest BCUT2D eigenvalue weighted by Gasteiger charge is 2.26.